The highest BCUT2D eigenvalue weighted by atomic mass is 79.9. The van der Waals surface area contributed by atoms with Crippen LogP contribution in [0.1, 0.15) is 50.2 Å². The van der Waals surface area contributed by atoms with E-state index >= 15 is 0 Å². The van der Waals surface area contributed by atoms with Gasteiger partial charge in [0.05, 0.1) is 6.61 Å². The Hall–Kier alpha value is -0.500. The molecular formula is C15H17BrO. The van der Waals surface area contributed by atoms with Crippen molar-refractivity contribution in [3.05, 3.63) is 27.7 Å². The van der Waals surface area contributed by atoms with Crippen LogP contribution in [-0.2, 0) is 10.8 Å². The minimum atomic E-state index is 0.390. The Morgan fingerprint density at radius 1 is 1.06 bits per heavy atom. The summed E-state index contributed by atoms with van der Waals surface area (Å²) >= 11 is 3.69. The van der Waals surface area contributed by atoms with Crippen LogP contribution in [0.15, 0.2) is 16.6 Å². The van der Waals surface area contributed by atoms with Crippen molar-refractivity contribution in [2.45, 2.75) is 49.9 Å². The third-order valence-corrected chi connectivity index (χ3v) is 5.41. The maximum absolute atomic E-state index is 6.03. The molecule has 0 radical (unpaired) electrons. The number of hydrogen-bond acceptors (Lipinski definition) is 1. The van der Waals surface area contributed by atoms with Crippen molar-refractivity contribution in [2.75, 3.05) is 6.61 Å². The van der Waals surface area contributed by atoms with Gasteiger partial charge in [-0.05, 0) is 49.7 Å². The molecule has 1 aromatic rings. The lowest BCUT2D eigenvalue weighted by atomic mass is 9.85. The zero-order valence-electron chi connectivity index (χ0n) is 10.2. The fraction of sp³-hybridized carbons (Fsp3) is 0.600. The molecule has 0 N–H and O–H groups in total. The summed E-state index contributed by atoms with van der Waals surface area (Å²) in [6.45, 7) is 3.28. The molecule has 1 aliphatic heterocycles. The first-order valence-electron chi connectivity index (χ1n) is 6.60. The van der Waals surface area contributed by atoms with Crippen LogP contribution in [0.4, 0.5) is 0 Å². The monoisotopic (exact) mass is 292 g/mol. The molecule has 2 heteroatoms. The first kappa shape index (κ1) is 10.4. The summed E-state index contributed by atoms with van der Waals surface area (Å²) in [4.78, 5) is 0. The van der Waals surface area contributed by atoms with Crippen molar-refractivity contribution >= 4 is 15.9 Å². The number of benzene rings is 1. The van der Waals surface area contributed by atoms with Crippen LogP contribution in [0.2, 0.25) is 0 Å². The first-order valence-corrected chi connectivity index (χ1v) is 7.40. The fourth-order valence-corrected chi connectivity index (χ4v) is 3.66. The van der Waals surface area contributed by atoms with Crippen LogP contribution in [0.5, 0.6) is 5.75 Å². The number of halogens is 1. The highest BCUT2D eigenvalue weighted by Gasteiger charge is 2.51. The van der Waals surface area contributed by atoms with Crippen molar-refractivity contribution in [2.24, 2.45) is 0 Å². The highest BCUT2D eigenvalue weighted by Crippen LogP contribution is 2.60. The van der Waals surface area contributed by atoms with Crippen LogP contribution in [-0.4, -0.2) is 6.61 Å². The maximum Gasteiger partial charge on any atom is 0.126 e. The van der Waals surface area contributed by atoms with Gasteiger partial charge in [-0.25, -0.2) is 0 Å². The quantitative estimate of drug-likeness (QED) is 0.749. The molecule has 0 aromatic heterocycles. The van der Waals surface area contributed by atoms with E-state index in [9.17, 15) is 0 Å². The van der Waals surface area contributed by atoms with Crippen molar-refractivity contribution in [1.29, 1.82) is 0 Å². The molecule has 4 rings (SSSR count). The average molecular weight is 293 g/mol. The van der Waals surface area contributed by atoms with Crippen LogP contribution in [0.3, 0.4) is 0 Å². The second kappa shape index (κ2) is 3.09. The molecule has 1 aromatic carbocycles. The molecule has 0 atom stereocenters. The summed E-state index contributed by atoms with van der Waals surface area (Å²) in [5, 5.41) is 0. The predicted molar refractivity (Wildman–Crippen MR) is 71.8 cm³/mol. The van der Waals surface area contributed by atoms with Gasteiger partial charge < -0.3 is 4.74 Å². The number of fused-ring (bicyclic) bond motifs is 2. The van der Waals surface area contributed by atoms with E-state index in [1.807, 2.05) is 0 Å². The highest BCUT2D eigenvalue weighted by molar-refractivity contribution is 9.10. The van der Waals surface area contributed by atoms with Crippen molar-refractivity contribution < 1.29 is 4.74 Å². The molecule has 90 valence electrons. The molecular weight excluding hydrogens is 276 g/mol. The Morgan fingerprint density at radius 2 is 1.76 bits per heavy atom. The van der Waals surface area contributed by atoms with Crippen LogP contribution in [0.25, 0.3) is 0 Å². The van der Waals surface area contributed by atoms with Gasteiger partial charge in [0.1, 0.15) is 5.75 Å². The summed E-state index contributed by atoms with van der Waals surface area (Å²) in [6.07, 6.45) is 6.55. The Labute approximate surface area is 111 Å². The van der Waals surface area contributed by atoms with Gasteiger partial charge in [0, 0.05) is 21.0 Å². The third kappa shape index (κ3) is 1.43. The van der Waals surface area contributed by atoms with E-state index in [4.69, 9.17) is 4.74 Å². The van der Waals surface area contributed by atoms with Gasteiger partial charge in [0.25, 0.3) is 0 Å². The first-order chi connectivity index (χ1) is 8.13. The SMILES string of the molecule is CC1(c2cc(Br)cc3c2OCCC32CC2)CC1. The van der Waals surface area contributed by atoms with Gasteiger partial charge >= 0.3 is 0 Å². The summed E-state index contributed by atoms with van der Waals surface area (Å²) < 4.78 is 7.26. The molecule has 2 fully saturated rings. The van der Waals surface area contributed by atoms with Crippen molar-refractivity contribution in [1.82, 2.24) is 0 Å². The second-order valence-electron chi connectivity index (χ2n) is 6.27. The Kier molecular flexibility index (Phi) is 1.89. The molecule has 1 nitrogen and oxygen atoms in total. The van der Waals surface area contributed by atoms with Gasteiger partial charge in [-0.15, -0.1) is 0 Å². The minimum Gasteiger partial charge on any atom is -0.493 e. The summed E-state index contributed by atoms with van der Waals surface area (Å²) in [5.74, 6) is 1.23. The summed E-state index contributed by atoms with van der Waals surface area (Å²) in [5.41, 5.74) is 3.81. The van der Waals surface area contributed by atoms with Gasteiger partial charge in [-0.1, -0.05) is 22.9 Å². The van der Waals surface area contributed by atoms with E-state index < -0.39 is 0 Å². The molecule has 1 spiro atoms. The van der Waals surface area contributed by atoms with Gasteiger partial charge in [0.15, 0.2) is 0 Å². The summed E-state index contributed by atoms with van der Waals surface area (Å²) in [7, 11) is 0. The van der Waals surface area contributed by atoms with E-state index in [1.165, 1.54) is 53.5 Å². The third-order valence-electron chi connectivity index (χ3n) is 4.96. The summed E-state index contributed by atoms with van der Waals surface area (Å²) in [6, 6.07) is 4.59. The van der Waals surface area contributed by atoms with E-state index in [-0.39, 0.29) is 0 Å². The molecule has 0 amide bonds. The Morgan fingerprint density at radius 3 is 2.41 bits per heavy atom. The molecule has 0 unspecified atom stereocenters. The zero-order chi connectivity index (χ0) is 11.7. The van der Waals surface area contributed by atoms with Crippen molar-refractivity contribution in [3.63, 3.8) is 0 Å². The number of hydrogen-bond donors (Lipinski definition) is 0. The minimum absolute atomic E-state index is 0.390. The van der Waals surface area contributed by atoms with E-state index in [1.54, 1.807) is 0 Å². The molecule has 0 bridgehead atoms. The fourth-order valence-electron chi connectivity index (χ4n) is 3.20. The van der Waals surface area contributed by atoms with Crippen LogP contribution < -0.4 is 4.74 Å². The molecule has 0 saturated heterocycles. The van der Waals surface area contributed by atoms with E-state index in [0.717, 1.165) is 6.61 Å². The molecule has 2 aliphatic carbocycles. The van der Waals surface area contributed by atoms with E-state index in [2.05, 4.69) is 35.0 Å². The average Bonchev–Trinajstić information content (AvgIpc) is 3.20. The lowest BCUT2D eigenvalue weighted by molar-refractivity contribution is 0.256. The Balaban J connectivity index is 1.94. The van der Waals surface area contributed by atoms with Crippen molar-refractivity contribution in [3.8, 4) is 5.75 Å². The lowest BCUT2D eigenvalue weighted by Crippen LogP contribution is -2.22. The lowest BCUT2D eigenvalue weighted by Gasteiger charge is -2.29. The zero-order valence-corrected chi connectivity index (χ0v) is 11.8. The molecule has 1 heterocycles. The Bertz CT molecular complexity index is 481. The molecule has 3 aliphatic rings. The van der Waals surface area contributed by atoms with Gasteiger partial charge in [-0.2, -0.15) is 0 Å². The van der Waals surface area contributed by atoms with Crippen LogP contribution in [0, 0.1) is 0 Å². The van der Waals surface area contributed by atoms with Gasteiger partial charge in [-0.3, -0.25) is 0 Å². The number of rotatable bonds is 1. The molecule has 17 heavy (non-hydrogen) atoms. The van der Waals surface area contributed by atoms with Crippen LogP contribution >= 0.6 is 15.9 Å². The molecule has 2 saturated carbocycles. The number of ether oxygens (including phenoxy) is 1. The predicted octanol–water partition coefficient (Wildman–Crippen LogP) is 4.31. The smallest absolute Gasteiger partial charge is 0.126 e. The second-order valence-corrected chi connectivity index (χ2v) is 7.19. The van der Waals surface area contributed by atoms with Gasteiger partial charge in [0.2, 0.25) is 0 Å². The normalized spacial score (nSPS) is 26.2. The maximum atomic E-state index is 6.03. The standard InChI is InChI=1S/C15H17BrO/c1-14(2-3-14)11-8-10(16)9-12-13(11)17-7-6-15(12)4-5-15/h8-9H,2-7H2,1H3. The topological polar surface area (TPSA) is 9.23 Å². The largest absolute Gasteiger partial charge is 0.493 e. The van der Waals surface area contributed by atoms with E-state index in [0.29, 0.717) is 10.8 Å².